The first kappa shape index (κ1) is 18.6. The zero-order chi connectivity index (χ0) is 17.2. The van der Waals surface area contributed by atoms with Crippen LogP contribution in [0.25, 0.3) is 0 Å². The van der Waals surface area contributed by atoms with Gasteiger partial charge in [-0.15, -0.1) is 0 Å². The van der Waals surface area contributed by atoms with Crippen molar-refractivity contribution < 1.29 is 17.9 Å². The van der Waals surface area contributed by atoms with Gasteiger partial charge in [-0.2, -0.15) is 0 Å². The third kappa shape index (κ3) is 4.65. The molecule has 2 heterocycles. The highest BCUT2D eigenvalue weighted by Crippen LogP contribution is 2.28. The van der Waals surface area contributed by atoms with E-state index in [-0.39, 0.29) is 17.9 Å². The van der Waals surface area contributed by atoms with E-state index in [4.69, 9.17) is 4.74 Å². The number of sulfonamides is 1. The van der Waals surface area contributed by atoms with Crippen molar-refractivity contribution in [1.82, 2.24) is 14.1 Å². The van der Waals surface area contributed by atoms with Crippen LogP contribution in [0.3, 0.4) is 0 Å². The Balaban J connectivity index is 1.91. The van der Waals surface area contributed by atoms with Gasteiger partial charge in [-0.05, 0) is 12.8 Å². The molecule has 0 aliphatic carbocycles. The standard InChI is InChI=1S/C15H29N3O4S/c1-16(2)15(19)9-12-10-17(11-14(12)22-3)13-5-7-18(8-6-13)23(4,20)21/h12-14H,5-11H2,1-4H3/t12-,14+/m1/s1. The number of carbonyl (C=O) groups excluding carboxylic acids is 1. The molecule has 0 N–H and O–H groups in total. The number of amides is 1. The van der Waals surface area contributed by atoms with Crippen LogP contribution in [0.15, 0.2) is 0 Å². The van der Waals surface area contributed by atoms with Crippen LogP contribution in [0.4, 0.5) is 0 Å². The quantitative estimate of drug-likeness (QED) is 0.691. The molecule has 2 atom stereocenters. The zero-order valence-corrected chi connectivity index (χ0v) is 15.4. The van der Waals surface area contributed by atoms with Gasteiger partial charge in [0.15, 0.2) is 0 Å². The van der Waals surface area contributed by atoms with E-state index < -0.39 is 10.0 Å². The number of hydrogen-bond acceptors (Lipinski definition) is 5. The van der Waals surface area contributed by atoms with E-state index in [0.29, 0.717) is 25.6 Å². The largest absolute Gasteiger partial charge is 0.380 e. The molecule has 0 unspecified atom stereocenters. The summed E-state index contributed by atoms with van der Waals surface area (Å²) in [4.78, 5) is 16.0. The molecule has 0 bridgehead atoms. The number of hydrogen-bond donors (Lipinski definition) is 0. The normalized spacial score (nSPS) is 28.2. The molecule has 2 aliphatic rings. The second-order valence-electron chi connectivity index (χ2n) is 6.87. The van der Waals surface area contributed by atoms with Gasteiger partial charge in [0, 0.05) is 65.8 Å². The summed E-state index contributed by atoms with van der Waals surface area (Å²) in [6, 6.07) is 0.380. The van der Waals surface area contributed by atoms with Crippen molar-refractivity contribution in [2.24, 2.45) is 5.92 Å². The average Bonchev–Trinajstić information content (AvgIpc) is 2.89. The van der Waals surface area contributed by atoms with E-state index in [9.17, 15) is 13.2 Å². The molecule has 2 saturated heterocycles. The van der Waals surface area contributed by atoms with Crippen molar-refractivity contribution in [3.8, 4) is 0 Å². The molecule has 0 aromatic rings. The second-order valence-corrected chi connectivity index (χ2v) is 8.86. The summed E-state index contributed by atoms with van der Waals surface area (Å²) >= 11 is 0. The van der Waals surface area contributed by atoms with Crippen molar-refractivity contribution in [2.75, 3.05) is 53.6 Å². The molecule has 134 valence electrons. The van der Waals surface area contributed by atoms with Crippen molar-refractivity contribution >= 4 is 15.9 Å². The lowest BCUT2D eigenvalue weighted by Gasteiger charge is -2.35. The van der Waals surface area contributed by atoms with Crippen LogP contribution in [0.1, 0.15) is 19.3 Å². The lowest BCUT2D eigenvalue weighted by atomic mass is 10.0. The summed E-state index contributed by atoms with van der Waals surface area (Å²) in [6.45, 7) is 2.84. The number of carbonyl (C=O) groups is 1. The van der Waals surface area contributed by atoms with E-state index in [2.05, 4.69) is 4.90 Å². The monoisotopic (exact) mass is 347 g/mol. The van der Waals surface area contributed by atoms with E-state index in [1.165, 1.54) is 6.26 Å². The van der Waals surface area contributed by atoms with Crippen molar-refractivity contribution in [3.63, 3.8) is 0 Å². The van der Waals surface area contributed by atoms with Crippen LogP contribution < -0.4 is 0 Å². The van der Waals surface area contributed by atoms with Gasteiger partial charge < -0.3 is 9.64 Å². The minimum Gasteiger partial charge on any atom is -0.380 e. The Bertz CT molecular complexity index is 515. The molecule has 2 fully saturated rings. The predicted molar refractivity (Wildman–Crippen MR) is 88.6 cm³/mol. The van der Waals surface area contributed by atoms with Gasteiger partial charge in [-0.1, -0.05) is 0 Å². The first-order chi connectivity index (χ1) is 10.7. The predicted octanol–water partition coefficient (Wildman–Crippen LogP) is -0.164. The van der Waals surface area contributed by atoms with Gasteiger partial charge in [0.1, 0.15) is 0 Å². The van der Waals surface area contributed by atoms with E-state index in [0.717, 1.165) is 25.9 Å². The van der Waals surface area contributed by atoms with Gasteiger partial charge in [0.25, 0.3) is 0 Å². The Hall–Kier alpha value is -0.700. The van der Waals surface area contributed by atoms with Crippen LogP contribution >= 0.6 is 0 Å². The highest BCUT2D eigenvalue weighted by molar-refractivity contribution is 7.88. The summed E-state index contributed by atoms with van der Waals surface area (Å²) in [5.74, 6) is 0.341. The van der Waals surface area contributed by atoms with Crippen molar-refractivity contribution in [1.29, 1.82) is 0 Å². The third-order valence-corrected chi connectivity index (χ3v) is 6.36. The molecule has 0 aromatic carbocycles. The maximum Gasteiger partial charge on any atom is 0.222 e. The summed E-state index contributed by atoms with van der Waals surface area (Å²) in [7, 11) is 2.17. The van der Waals surface area contributed by atoms with E-state index >= 15 is 0 Å². The Kier molecular flexibility index (Phi) is 6.05. The van der Waals surface area contributed by atoms with Crippen LogP contribution in [0, 0.1) is 5.92 Å². The SMILES string of the molecule is CO[C@H]1CN(C2CCN(S(C)(=O)=O)CC2)C[C@H]1CC(=O)N(C)C. The first-order valence-electron chi connectivity index (χ1n) is 8.14. The van der Waals surface area contributed by atoms with Crippen LogP contribution in [0.5, 0.6) is 0 Å². The molecule has 0 saturated carbocycles. The molecule has 2 rings (SSSR count). The lowest BCUT2D eigenvalue weighted by molar-refractivity contribution is -0.130. The highest BCUT2D eigenvalue weighted by atomic mass is 32.2. The molecule has 1 amide bonds. The van der Waals surface area contributed by atoms with E-state index in [1.54, 1.807) is 30.4 Å². The number of methoxy groups -OCH3 is 1. The Morgan fingerprint density at radius 3 is 2.30 bits per heavy atom. The van der Waals surface area contributed by atoms with Gasteiger partial charge in [0.2, 0.25) is 15.9 Å². The number of rotatable bonds is 5. The van der Waals surface area contributed by atoms with E-state index in [1.807, 2.05) is 0 Å². The van der Waals surface area contributed by atoms with Gasteiger partial charge >= 0.3 is 0 Å². The molecule has 0 radical (unpaired) electrons. The van der Waals surface area contributed by atoms with Gasteiger partial charge in [-0.3, -0.25) is 9.69 Å². The topological polar surface area (TPSA) is 70.2 Å². The Morgan fingerprint density at radius 1 is 1.22 bits per heavy atom. The summed E-state index contributed by atoms with van der Waals surface area (Å²) in [6.07, 6.45) is 3.54. The van der Waals surface area contributed by atoms with Crippen LogP contribution in [-0.2, 0) is 19.6 Å². The molecule has 23 heavy (non-hydrogen) atoms. The summed E-state index contributed by atoms with van der Waals surface area (Å²) < 4.78 is 30.3. The first-order valence-corrected chi connectivity index (χ1v) is 9.99. The molecular formula is C15H29N3O4S. The highest BCUT2D eigenvalue weighted by Gasteiger charge is 2.39. The van der Waals surface area contributed by atoms with Crippen molar-refractivity contribution in [3.05, 3.63) is 0 Å². The van der Waals surface area contributed by atoms with Crippen molar-refractivity contribution in [2.45, 2.75) is 31.4 Å². The fraction of sp³-hybridized carbons (Fsp3) is 0.933. The minimum atomic E-state index is -3.08. The second kappa shape index (κ2) is 7.46. The number of likely N-dealkylation sites (tertiary alicyclic amines) is 1. The van der Waals surface area contributed by atoms with Gasteiger partial charge in [-0.25, -0.2) is 12.7 Å². The molecule has 0 spiro atoms. The van der Waals surface area contributed by atoms with Gasteiger partial charge in [0.05, 0.1) is 12.4 Å². The molecule has 7 nitrogen and oxygen atoms in total. The fourth-order valence-electron chi connectivity index (χ4n) is 3.58. The molecule has 8 heteroatoms. The molecule has 2 aliphatic heterocycles. The summed E-state index contributed by atoms with van der Waals surface area (Å²) in [5, 5.41) is 0. The fourth-order valence-corrected chi connectivity index (χ4v) is 4.45. The number of nitrogens with zero attached hydrogens (tertiary/aromatic N) is 3. The lowest BCUT2D eigenvalue weighted by Crippen LogP contribution is -2.46. The Labute approximate surface area is 139 Å². The maximum absolute atomic E-state index is 12.0. The number of piperidine rings is 1. The number of ether oxygens (including phenoxy) is 1. The smallest absolute Gasteiger partial charge is 0.222 e. The minimum absolute atomic E-state index is 0.0758. The Morgan fingerprint density at radius 2 is 1.83 bits per heavy atom. The zero-order valence-electron chi connectivity index (χ0n) is 14.6. The molecule has 0 aromatic heterocycles. The average molecular weight is 347 g/mol. The van der Waals surface area contributed by atoms with Crippen LogP contribution in [-0.4, -0.2) is 94.2 Å². The van der Waals surface area contributed by atoms with Crippen LogP contribution in [0.2, 0.25) is 0 Å². The molecular weight excluding hydrogens is 318 g/mol. The third-order valence-electron chi connectivity index (χ3n) is 5.06. The summed E-state index contributed by atoms with van der Waals surface area (Å²) in [5.41, 5.74) is 0. The maximum atomic E-state index is 12.0.